The van der Waals surface area contributed by atoms with E-state index in [2.05, 4.69) is 21.9 Å². The van der Waals surface area contributed by atoms with Crippen LogP contribution in [0.4, 0.5) is 9.18 Å². The Kier molecular flexibility index (Phi) is 10.3. The molecule has 2 N–H and O–H groups in total. The summed E-state index contributed by atoms with van der Waals surface area (Å²) in [5.74, 6) is -2.89. The first-order chi connectivity index (χ1) is 26.0. The van der Waals surface area contributed by atoms with Gasteiger partial charge in [-0.1, -0.05) is 26.0 Å². The Morgan fingerprint density at radius 1 is 1.11 bits per heavy atom. The van der Waals surface area contributed by atoms with Crippen LogP contribution in [0.25, 0.3) is 10.8 Å². The van der Waals surface area contributed by atoms with Crippen molar-refractivity contribution in [2.24, 2.45) is 17.8 Å². The molecule has 0 radical (unpaired) electrons. The summed E-state index contributed by atoms with van der Waals surface area (Å²) in [5, 5.41) is 3.10. The standard InChI is InChI=1S/C39H50FN5O9S/c1-22-8-6-7-9-24-20-39(24,36(48)43-55(50,51)27-10-11-27)42-33(46)30-19-26(53-34-29-17-25(40)18-31(52-5)28(29)12-15-41-34)21-45(30)35(47)32(23(2)16-22)44(4)37(49)54-38(3)13-14-38/h7,9,12,15,17-18,22-24,26-27,30,32H,6,8,10-11,13-14,16,19-21H2,1-5H3,(H,42,46)(H,43,48)/b9-7-/t22-,23-,24-,26-,30+,32+,39-/m1/s1. The number of sulfonamides is 1. The van der Waals surface area contributed by atoms with Crippen molar-refractivity contribution in [1.82, 2.24) is 24.8 Å². The van der Waals surface area contributed by atoms with Gasteiger partial charge in [-0.25, -0.2) is 22.6 Å². The number of fused-ring (bicyclic) bond motifs is 3. The van der Waals surface area contributed by atoms with Crippen molar-refractivity contribution in [1.29, 1.82) is 0 Å². The van der Waals surface area contributed by atoms with Gasteiger partial charge in [0, 0.05) is 37.0 Å². The zero-order valence-electron chi connectivity index (χ0n) is 31.9. The molecule has 3 heterocycles. The number of rotatable bonds is 8. The van der Waals surface area contributed by atoms with Crippen LogP contribution in [0.3, 0.4) is 0 Å². The quantitative estimate of drug-likeness (QED) is 0.370. The van der Waals surface area contributed by atoms with Gasteiger partial charge >= 0.3 is 6.09 Å². The van der Waals surface area contributed by atoms with E-state index in [1.807, 2.05) is 26.0 Å². The second-order valence-corrected chi connectivity index (χ2v) is 18.4. The van der Waals surface area contributed by atoms with Crippen molar-refractivity contribution in [3.8, 4) is 11.6 Å². The van der Waals surface area contributed by atoms with E-state index < -0.39 is 80.2 Å². The molecule has 3 aliphatic carbocycles. The summed E-state index contributed by atoms with van der Waals surface area (Å²) in [6.07, 6.45) is 8.32. The van der Waals surface area contributed by atoms with Gasteiger partial charge in [0.25, 0.3) is 5.91 Å². The summed E-state index contributed by atoms with van der Waals surface area (Å²) in [6, 6.07) is 1.98. The number of aromatic nitrogens is 1. The number of methoxy groups -OCH3 is 1. The lowest BCUT2D eigenvalue weighted by Crippen LogP contribution is -2.59. The van der Waals surface area contributed by atoms with E-state index in [1.54, 1.807) is 6.07 Å². The smallest absolute Gasteiger partial charge is 0.410 e. The van der Waals surface area contributed by atoms with Crippen LogP contribution in [0.2, 0.25) is 0 Å². The maximum Gasteiger partial charge on any atom is 0.410 e. The lowest BCUT2D eigenvalue weighted by atomic mass is 9.87. The predicted molar refractivity (Wildman–Crippen MR) is 199 cm³/mol. The number of carbonyl (C=O) groups excluding carboxylic acids is 4. The molecule has 0 spiro atoms. The van der Waals surface area contributed by atoms with Crippen LogP contribution in [-0.2, 0) is 29.1 Å². The molecule has 298 valence electrons. The van der Waals surface area contributed by atoms with Crippen molar-refractivity contribution >= 4 is 44.6 Å². The van der Waals surface area contributed by atoms with Crippen molar-refractivity contribution in [2.45, 2.75) is 113 Å². The third-order valence-corrected chi connectivity index (χ3v) is 13.7. The number of carbonyl (C=O) groups is 4. The van der Waals surface area contributed by atoms with Crippen LogP contribution in [0, 0.1) is 23.6 Å². The molecule has 16 heteroatoms. The van der Waals surface area contributed by atoms with Gasteiger partial charge in [0.05, 0.1) is 24.3 Å². The Balaban J connectivity index is 1.24. The monoisotopic (exact) mass is 783 g/mol. The zero-order chi connectivity index (χ0) is 39.4. The summed E-state index contributed by atoms with van der Waals surface area (Å²) in [4.78, 5) is 63.9. The molecule has 7 atom stereocenters. The van der Waals surface area contributed by atoms with Crippen LogP contribution in [0.15, 0.2) is 36.5 Å². The highest BCUT2D eigenvalue weighted by Crippen LogP contribution is 2.46. The molecule has 2 aliphatic heterocycles. The Morgan fingerprint density at radius 2 is 1.85 bits per heavy atom. The van der Waals surface area contributed by atoms with Gasteiger partial charge in [-0.05, 0) is 82.3 Å². The van der Waals surface area contributed by atoms with Gasteiger partial charge in [0.1, 0.15) is 40.9 Å². The average Bonchev–Trinajstić information content (AvgIpc) is 4.07. The molecule has 4 fully saturated rings. The minimum absolute atomic E-state index is 0.0373. The van der Waals surface area contributed by atoms with Gasteiger partial charge < -0.3 is 24.4 Å². The summed E-state index contributed by atoms with van der Waals surface area (Å²) < 4.78 is 60.2. The number of pyridine rings is 1. The fraction of sp³-hybridized carbons (Fsp3) is 0.615. The zero-order valence-corrected chi connectivity index (χ0v) is 32.7. The second kappa shape index (κ2) is 14.6. The highest BCUT2D eigenvalue weighted by molar-refractivity contribution is 7.91. The maximum absolute atomic E-state index is 15.0. The van der Waals surface area contributed by atoms with E-state index >= 15 is 0 Å². The largest absolute Gasteiger partial charge is 0.496 e. The van der Waals surface area contributed by atoms with Crippen LogP contribution >= 0.6 is 0 Å². The number of nitrogens with zero attached hydrogens (tertiary/aromatic N) is 3. The lowest BCUT2D eigenvalue weighted by Gasteiger charge is -2.37. The van der Waals surface area contributed by atoms with Crippen molar-refractivity contribution in [3.63, 3.8) is 0 Å². The van der Waals surface area contributed by atoms with Crippen molar-refractivity contribution in [3.05, 3.63) is 42.4 Å². The molecule has 2 aromatic rings. The first-order valence-electron chi connectivity index (χ1n) is 19.1. The number of benzene rings is 1. The summed E-state index contributed by atoms with van der Waals surface area (Å²) in [7, 11) is -0.970. The van der Waals surface area contributed by atoms with Gasteiger partial charge in [-0.15, -0.1) is 0 Å². The molecule has 1 aromatic carbocycles. The fourth-order valence-electron chi connectivity index (χ4n) is 8.11. The van der Waals surface area contributed by atoms with Crippen LogP contribution in [-0.4, -0.2) is 102 Å². The molecule has 14 nitrogen and oxygen atoms in total. The highest BCUT2D eigenvalue weighted by atomic mass is 32.2. The minimum Gasteiger partial charge on any atom is -0.496 e. The van der Waals surface area contributed by atoms with E-state index in [9.17, 15) is 32.0 Å². The summed E-state index contributed by atoms with van der Waals surface area (Å²) in [5.41, 5.74) is -2.14. The minimum atomic E-state index is -3.92. The van der Waals surface area contributed by atoms with Gasteiger partial charge in [-0.3, -0.25) is 24.0 Å². The van der Waals surface area contributed by atoms with E-state index in [0.717, 1.165) is 19.3 Å². The average molecular weight is 784 g/mol. The number of nitrogens with one attached hydrogen (secondary N) is 2. The topological polar surface area (TPSA) is 174 Å². The Morgan fingerprint density at radius 3 is 2.55 bits per heavy atom. The SMILES string of the molecule is COc1cc(F)cc2c(O[C@@H]3C[C@H]4C(=O)N[C@]5(C(=O)NS(=O)(=O)C6CC6)C[C@H]5/C=C\CC[C@@H](C)C[C@@H](C)[C@H](N(C)C(=O)OC5(C)CC5)C(=O)N4C3)nccc12. The molecule has 1 aromatic heterocycles. The fourth-order valence-corrected chi connectivity index (χ4v) is 9.48. The van der Waals surface area contributed by atoms with E-state index in [0.29, 0.717) is 36.5 Å². The van der Waals surface area contributed by atoms with Crippen LogP contribution < -0.4 is 19.5 Å². The molecular formula is C39H50FN5O9S. The molecule has 0 bridgehead atoms. The molecule has 4 amide bonds. The third kappa shape index (κ3) is 7.96. The molecule has 7 rings (SSSR count). The second-order valence-electron chi connectivity index (χ2n) is 16.4. The number of amides is 4. The normalized spacial score (nSPS) is 31.1. The van der Waals surface area contributed by atoms with E-state index in [1.165, 1.54) is 42.3 Å². The molecule has 0 unspecified atom stereocenters. The number of hydrogen-bond acceptors (Lipinski definition) is 10. The summed E-state index contributed by atoms with van der Waals surface area (Å²) >= 11 is 0. The highest BCUT2D eigenvalue weighted by Gasteiger charge is 2.62. The Bertz CT molecular complexity index is 2020. The lowest BCUT2D eigenvalue weighted by molar-refractivity contribution is -0.144. The molecule has 5 aliphatic rings. The molecule has 55 heavy (non-hydrogen) atoms. The van der Waals surface area contributed by atoms with Crippen LogP contribution in [0.1, 0.15) is 78.6 Å². The van der Waals surface area contributed by atoms with Crippen molar-refractivity contribution in [2.75, 3.05) is 20.7 Å². The number of ether oxygens (including phenoxy) is 3. The maximum atomic E-state index is 15.0. The number of likely N-dealkylation sites (N-methyl/N-ethyl adjacent to an activating group) is 1. The molecular weight excluding hydrogens is 734 g/mol. The van der Waals surface area contributed by atoms with Gasteiger partial charge in [0.15, 0.2) is 0 Å². The van der Waals surface area contributed by atoms with Crippen molar-refractivity contribution < 1.29 is 46.2 Å². The van der Waals surface area contributed by atoms with Crippen LogP contribution in [0.5, 0.6) is 11.6 Å². The molecule has 1 saturated heterocycles. The number of halogens is 1. The first kappa shape index (κ1) is 38.8. The Labute approximate surface area is 320 Å². The van der Waals surface area contributed by atoms with Gasteiger partial charge in [0.2, 0.25) is 27.7 Å². The van der Waals surface area contributed by atoms with Gasteiger partial charge in [-0.2, -0.15) is 0 Å². The Hall–Kier alpha value is -4.47. The third-order valence-electron chi connectivity index (χ3n) is 11.8. The number of allylic oxidation sites excluding steroid dienone is 1. The first-order valence-corrected chi connectivity index (χ1v) is 20.7. The summed E-state index contributed by atoms with van der Waals surface area (Å²) in [6.45, 7) is 5.73. The van der Waals surface area contributed by atoms with E-state index in [4.69, 9.17) is 14.2 Å². The number of hydrogen-bond donors (Lipinski definition) is 2. The predicted octanol–water partition coefficient (Wildman–Crippen LogP) is 4.22. The van der Waals surface area contributed by atoms with E-state index in [-0.39, 0.29) is 42.9 Å². The molecule has 3 saturated carbocycles.